The normalized spacial score (nSPS) is 18.5. The van der Waals surface area contributed by atoms with Crippen LogP contribution >= 0.6 is 0 Å². The van der Waals surface area contributed by atoms with Gasteiger partial charge >= 0.3 is 12.1 Å². The minimum Gasteiger partial charge on any atom is -0.475 e. The topological polar surface area (TPSA) is 74.0 Å². The van der Waals surface area contributed by atoms with Crippen LogP contribution in [0.3, 0.4) is 0 Å². The molecular weight excluding hydrogens is 425 g/mol. The van der Waals surface area contributed by atoms with Crippen molar-refractivity contribution in [1.29, 1.82) is 0 Å². The van der Waals surface area contributed by atoms with Gasteiger partial charge in [-0.05, 0) is 37.8 Å². The van der Waals surface area contributed by atoms with Crippen molar-refractivity contribution < 1.29 is 32.3 Å². The van der Waals surface area contributed by atoms with E-state index < -0.39 is 12.1 Å². The Labute approximate surface area is 184 Å². The highest BCUT2D eigenvalue weighted by Gasteiger charge is 2.46. The molecule has 0 aliphatic carbocycles. The monoisotopic (exact) mass is 452 g/mol. The predicted octanol–water partition coefficient (Wildman–Crippen LogP) is 4.38. The first-order valence-electron chi connectivity index (χ1n) is 10.5. The van der Waals surface area contributed by atoms with E-state index in [1.807, 2.05) is 12.3 Å². The van der Waals surface area contributed by atoms with E-state index in [0.717, 1.165) is 45.4 Å². The molecule has 0 radical (unpaired) electrons. The third-order valence-corrected chi connectivity index (χ3v) is 6.12. The van der Waals surface area contributed by atoms with E-state index in [1.165, 1.54) is 16.7 Å². The van der Waals surface area contributed by atoms with Gasteiger partial charge in [-0.1, -0.05) is 29.8 Å². The molecule has 4 rings (SSSR count). The zero-order valence-corrected chi connectivity index (χ0v) is 17.9. The molecule has 9 heteroatoms. The summed E-state index contributed by atoms with van der Waals surface area (Å²) in [6, 6.07) is 10.6. The van der Waals surface area contributed by atoms with Gasteiger partial charge in [0.15, 0.2) is 0 Å². The summed E-state index contributed by atoms with van der Waals surface area (Å²) in [5.41, 5.74) is 3.80. The Bertz CT molecular complexity index is 920. The standard InChI is InChI=1S/C21H26N2O2.C2HF3O2/c1-17-3-2-4-18(13-17)15-23-20(24)5-7-21(23)8-10-22(11-9-21)14-19-6-12-25-16-19;3-2(4,5)1(6)7/h2-4,6,12-13,16H,5,7-11,14-15H2,1H3;(H,6,7). The lowest BCUT2D eigenvalue weighted by atomic mass is 9.84. The molecule has 2 aliphatic heterocycles. The summed E-state index contributed by atoms with van der Waals surface area (Å²) < 4.78 is 36.9. The lowest BCUT2D eigenvalue weighted by molar-refractivity contribution is -0.192. The van der Waals surface area contributed by atoms with Crippen LogP contribution in [0.1, 0.15) is 42.4 Å². The van der Waals surface area contributed by atoms with E-state index in [1.54, 1.807) is 6.26 Å². The second-order valence-electron chi connectivity index (χ2n) is 8.40. The van der Waals surface area contributed by atoms with Crippen LogP contribution in [0.15, 0.2) is 47.3 Å². The zero-order valence-electron chi connectivity index (χ0n) is 17.9. The van der Waals surface area contributed by atoms with Crippen molar-refractivity contribution in [2.24, 2.45) is 0 Å². The van der Waals surface area contributed by atoms with Gasteiger partial charge in [0.05, 0.1) is 12.5 Å². The summed E-state index contributed by atoms with van der Waals surface area (Å²) in [4.78, 5) is 26.1. The smallest absolute Gasteiger partial charge is 0.475 e. The minimum absolute atomic E-state index is 0.0632. The summed E-state index contributed by atoms with van der Waals surface area (Å²) in [5, 5.41) is 7.12. The van der Waals surface area contributed by atoms with E-state index in [9.17, 15) is 18.0 Å². The first-order chi connectivity index (χ1) is 15.1. The summed E-state index contributed by atoms with van der Waals surface area (Å²) >= 11 is 0. The number of carbonyl (C=O) groups is 2. The Kier molecular flexibility index (Phi) is 7.28. The summed E-state index contributed by atoms with van der Waals surface area (Å²) in [6.45, 7) is 5.89. The summed E-state index contributed by atoms with van der Waals surface area (Å²) in [7, 11) is 0. The average Bonchev–Trinajstić information content (AvgIpc) is 3.34. The average molecular weight is 452 g/mol. The van der Waals surface area contributed by atoms with Gasteiger partial charge in [-0.3, -0.25) is 9.69 Å². The SMILES string of the molecule is Cc1cccc(CN2C(=O)CCC23CCN(Cc2ccoc2)CC3)c1.O=C(O)C(F)(F)F. The molecule has 2 aromatic rings. The van der Waals surface area contributed by atoms with Gasteiger partial charge in [0.1, 0.15) is 0 Å². The molecule has 1 spiro atoms. The number of hydrogen-bond donors (Lipinski definition) is 1. The molecule has 1 amide bonds. The zero-order chi connectivity index (χ0) is 23.4. The number of likely N-dealkylation sites (tertiary alicyclic amines) is 2. The van der Waals surface area contributed by atoms with E-state index in [0.29, 0.717) is 12.3 Å². The fraction of sp³-hybridized carbons (Fsp3) is 0.478. The molecular formula is C23H27F3N2O4. The molecule has 3 heterocycles. The maximum atomic E-state index is 12.6. The quantitative estimate of drug-likeness (QED) is 0.746. The highest BCUT2D eigenvalue weighted by molar-refractivity contribution is 5.79. The molecule has 0 unspecified atom stereocenters. The van der Waals surface area contributed by atoms with Gasteiger partial charge in [-0.25, -0.2) is 4.79 Å². The van der Waals surface area contributed by atoms with Crippen molar-refractivity contribution in [1.82, 2.24) is 9.80 Å². The van der Waals surface area contributed by atoms with Gasteiger partial charge in [-0.2, -0.15) is 13.2 Å². The molecule has 1 aromatic heterocycles. The lowest BCUT2D eigenvalue weighted by Gasteiger charge is -2.45. The first kappa shape index (κ1) is 23.8. The second kappa shape index (κ2) is 9.77. The van der Waals surface area contributed by atoms with Gasteiger partial charge in [0, 0.05) is 43.7 Å². The van der Waals surface area contributed by atoms with Gasteiger partial charge < -0.3 is 14.4 Å². The number of piperidine rings is 1. The van der Waals surface area contributed by atoms with E-state index in [2.05, 4.69) is 41.0 Å². The maximum absolute atomic E-state index is 12.6. The molecule has 1 N–H and O–H groups in total. The van der Waals surface area contributed by atoms with Crippen LogP contribution in [0.5, 0.6) is 0 Å². The van der Waals surface area contributed by atoms with Crippen LogP contribution in [0.4, 0.5) is 13.2 Å². The van der Waals surface area contributed by atoms with Crippen LogP contribution in [-0.4, -0.2) is 51.6 Å². The number of rotatable bonds is 4. The number of carboxylic acids is 1. The molecule has 2 saturated heterocycles. The van der Waals surface area contributed by atoms with Crippen LogP contribution in [0.2, 0.25) is 0 Å². The number of amides is 1. The number of aliphatic carboxylic acids is 1. The number of carboxylic acid groups (broad SMARTS) is 1. The predicted molar refractivity (Wildman–Crippen MR) is 111 cm³/mol. The number of nitrogens with zero attached hydrogens (tertiary/aromatic N) is 2. The van der Waals surface area contributed by atoms with E-state index in [4.69, 9.17) is 14.3 Å². The fourth-order valence-electron chi connectivity index (χ4n) is 4.41. The molecule has 0 atom stereocenters. The van der Waals surface area contributed by atoms with Crippen molar-refractivity contribution in [2.45, 2.75) is 57.4 Å². The van der Waals surface area contributed by atoms with Crippen LogP contribution < -0.4 is 0 Å². The minimum atomic E-state index is -5.08. The summed E-state index contributed by atoms with van der Waals surface area (Å²) in [5.74, 6) is -2.43. The molecule has 2 aliphatic rings. The molecule has 0 saturated carbocycles. The van der Waals surface area contributed by atoms with Crippen molar-refractivity contribution in [3.05, 3.63) is 59.5 Å². The van der Waals surface area contributed by atoms with Crippen molar-refractivity contribution in [3.8, 4) is 0 Å². The molecule has 2 fully saturated rings. The van der Waals surface area contributed by atoms with Crippen LogP contribution in [-0.2, 0) is 22.7 Å². The van der Waals surface area contributed by atoms with Gasteiger partial charge in [0.25, 0.3) is 0 Å². The van der Waals surface area contributed by atoms with Gasteiger partial charge in [0.2, 0.25) is 5.91 Å². The first-order valence-corrected chi connectivity index (χ1v) is 10.5. The number of benzene rings is 1. The van der Waals surface area contributed by atoms with E-state index in [-0.39, 0.29) is 5.54 Å². The number of aryl methyl sites for hydroxylation is 1. The third-order valence-electron chi connectivity index (χ3n) is 6.12. The largest absolute Gasteiger partial charge is 0.490 e. The second-order valence-corrected chi connectivity index (χ2v) is 8.40. The number of alkyl halides is 3. The Morgan fingerprint density at radius 1 is 1.12 bits per heavy atom. The number of hydrogen-bond acceptors (Lipinski definition) is 4. The number of carbonyl (C=O) groups excluding carboxylic acids is 1. The van der Waals surface area contributed by atoms with Crippen molar-refractivity contribution in [2.75, 3.05) is 13.1 Å². The van der Waals surface area contributed by atoms with E-state index >= 15 is 0 Å². The van der Waals surface area contributed by atoms with Crippen molar-refractivity contribution in [3.63, 3.8) is 0 Å². The highest BCUT2D eigenvalue weighted by atomic mass is 19.4. The molecule has 0 bridgehead atoms. The Hall–Kier alpha value is -2.81. The molecule has 6 nitrogen and oxygen atoms in total. The van der Waals surface area contributed by atoms with Crippen LogP contribution in [0.25, 0.3) is 0 Å². The lowest BCUT2D eigenvalue weighted by Crippen LogP contribution is -2.52. The third kappa shape index (κ3) is 5.91. The summed E-state index contributed by atoms with van der Waals surface area (Å²) in [6.07, 6.45) is 2.34. The van der Waals surface area contributed by atoms with Crippen LogP contribution in [0, 0.1) is 6.92 Å². The Morgan fingerprint density at radius 3 is 2.38 bits per heavy atom. The van der Waals surface area contributed by atoms with Gasteiger partial charge in [-0.15, -0.1) is 0 Å². The fourth-order valence-corrected chi connectivity index (χ4v) is 4.41. The molecule has 1 aromatic carbocycles. The van der Waals surface area contributed by atoms with Crippen molar-refractivity contribution >= 4 is 11.9 Å². The molecule has 32 heavy (non-hydrogen) atoms. The Balaban J connectivity index is 0.000000360. The highest BCUT2D eigenvalue weighted by Crippen LogP contribution is 2.40. The number of furan rings is 1. The number of halogens is 3. The maximum Gasteiger partial charge on any atom is 0.490 e. The molecule has 174 valence electrons. The Morgan fingerprint density at radius 2 is 1.81 bits per heavy atom.